The van der Waals surface area contributed by atoms with Crippen LogP contribution in [0.15, 0.2) is 0 Å². The van der Waals surface area contributed by atoms with Crippen molar-refractivity contribution in [2.45, 2.75) is 53.1 Å². The lowest BCUT2D eigenvalue weighted by molar-refractivity contribution is -0.158. The van der Waals surface area contributed by atoms with Gasteiger partial charge < -0.3 is 4.74 Å². The molecule has 0 bridgehead atoms. The number of ether oxygens (including phenoxy) is 1. The minimum Gasteiger partial charge on any atom is -0.446 e. The number of carbonyl (C=O) groups excluding carboxylic acids is 1. The van der Waals surface area contributed by atoms with Crippen LogP contribution in [0.3, 0.4) is 0 Å². The van der Waals surface area contributed by atoms with Crippen LogP contribution in [0, 0.1) is 17.3 Å². The summed E-state index contributed by atoms with van der Waals surface area (Å²) in [6.45, 7) is 12.5. The number of hydrogen-bond donors (Lipinski definition) is 0. The van der Waals surface area contributed by atoms with Gasteiger partial charge in [0.05, 0.1) is 6.54 Å². The molecule has 1 rings (SSSR count). The molecule has 0 amide bonds. The van der Waals surface area contributed by atoms with Gasteiger partial charge in [0.1, 0.15) is 0 Å². The molecule has 0 aliphatic carbocycles. The van der Waals surface area contributed by atoms with Gasteiger partial charge in [-0.15, -0.1) is 0 Å². The fourth-order valence-corrected chi connectivity index (χ4v) is 1.91. The van der Waals surface area contributed by atoms with E-state index in [2.05, 4.69) is 16.7 Å². The van der Waals surface area contributed by atoms with Crippen molar-refractivity contribution >= 4 is 5.97 Å². The molecule has 0 unspecified atom stereocenters. The monoisotopic (exact) mass is 251 g/mol. The van der Waals surface area contributed by atoms with Crippen molar-refractivity contribution in [2.75, 3.05) is 19.6 Å². The van der Waals surface area contributed by atoms with Crippen LogP contribution in [0.25, 0.3) is 0 Å². The van der Waals surface area contributed by atoms with Gasteiger partial charge in [-0.05, 0) is 32.9 Å². The Balaban J connectivity index is 2.72. The zero-order chi connectivity index (χ0) is 13.8. The molecule has 0 radical (unpaired) electrons. The first-order chi connectivity index (χ1) is 8.24. The smallest absolute Gasteiger partial charge is 0.304 e. The van der Waals surface area contributed by atoms with Gasteiger partial charge in [-0.2, -0.15) is 0 Å². The van der Waals surface area contributed by atoms with Gasteiger partial charge in [-0.1, -0.05) is 32.6 Å². The molecule has 0 aromatic carbocycles. The molecule has 3 heteroatoms. The van der Waals surface area contributed by atoms with Crippen molar-refractivity contribution in [2.24, 2.45) is 5.41 Å². The van der Waals surface area contributed by atoms with E-state index in [-0.39, 0.29) is 11.4 Å². The molecule has 102 valence electrons. The maximum atomic E-state index is 11.2. The van der Waals surface area contributed by atoms with Crippen molar-refractivity contribution in [3.63, 3.8) is 0 Å². The van der Waals surface area contributed by atoms with Crippen LogP contribution in [0.5, 0.6) is 0 Å². The van der Waals surface area contributed by atoms with Gasteiger partial charge in [0.2, 0.25) is 0 Å². The van der Waals surface area contributed by atoms with Crippen LogP contribution in [0.4, 0.5) is 0 Å². The van der Waals surface area contributed by atoms with Crippen molar-refractivity contribution in [3.05, 3.63) is 0 Å². The summed E-state index contributed by atoms with van der Waals surface area (Å²) in [4.78, 5) is 13.6. The molecule has 0 spiro atoms. The van der Waals surface area contributed by atoms with Gasteiger partial charge >= 0.3 is 5.97 Å². The molecular weight excluding hydrogens is 226 g/mol. The minimum atomic E-state index is -0.724. The third-order valence-corrected chi connectivity index (χ3v) is 3.61. The Hall–Kier alpha value is -1.01. The molecule has 1 atom stereocenters. The van der Waals surface area contributed by atoms with Crippen LogP contribution in [0.1, 0.15) is 47.5 Å². The first-order valence-electron chi connectivity index (χ1n) is 6.66. The average Bonchev–Trinajstić information content (AvgIpc) is 2.67. The normalized spacial score (nSPS) is 19.8. The van der Waals surface area contributed by atoms with Gasteiger partial charge in [0.15, 0.2) is 5.60 Å². The topological polar surface area (TPSA) is 29.5 Å². The van der Waals surface area contributed by atoms with Crippen molar-refractivity contribution in [1.82, 2.24) is 4.90 Å². The number of esters is 1. The summed E-state index contributed by atoms with van der Waals surface area (Å²) in [7, 11) is 0. The highest BCUT2D eigenvalue weighted by Gasteiger charge is 2.39. The summed E-state index contributed by atoms with van der Waals surface area (Å²) >= 11 is 0. The molecule has 0 aromatic rings. The highest BCUT2D eigenvalue weighted by Crippen LogP contribution is 2.33. The molecule has 1 fully saturated rings. The maximum absolute atomic E-state index is 11.2. The Morgan fingerprint density at radius 1 is 1.22 bits per heavy atom. The Morgan fingerprint density at radius 2 is 1.78 bits per heavy atom. The van der Waals surface area contributed by atoms with E-state index in [1.54, 1.807) is 0 Å². The van der Waals surface area contributed by atoms with Crippen LogP contribution < -0.4 is 0 Å². The van der Waals surface area contributed by atoms with Crippen LogP contribution in [-0.4, -0.2) is 36.1 Å². The van der Waals surface area contributed by atoms with Crippen molar-refractivity contribution in [3.8, 4) is 11.8 Å². The summed E-state index contributed by atoms with van der Waals surface area (Å²) in [5.41, 5.74) is -0.921. The Bertz CT molecular complexity index is 353. The van der Waals surface area contributed by atoms with Crippen molar-refractivity contribution in [1.29, 1.82) is 0 Å². The SMILES string of the molecule is CC(=O)O[C@@](C)(C#CCN1CCCC1)C(C)(C)C. The largest absolute Gasteiger partial charge is 0.446 e. The molecule has 0 saturated carbocycles. The summed E-state index contributed by atoms with van der Waals surface area (Å²) < 4.78 is 5.44. The number of likely N-dealkylation sites (tertiary alicyclic amines) is 1. The van der Waals surface area contributed by atoms with E-state index in [1.807, 2.05) is 27.7 Å². The van der Waals surface area contributed by atoms with Gasteiger partial charge in [0, 0.05) is 12.3 Å². The lowest BCUT2D eigenvalue weighted by Crippen LogP contribution is -2.42. The summed E-state index contributed by atoms with van der Waals surface area (Å²) in [6.07, 6.45) is 2.53. The summed E-state index contributed by atoms with van der Waals surface area (Å²) in [5, 5.41) is 0. The zero-order valence-electron chi connectivity index (χ0n) is 12.3. The lowest BCUT2D eigenvalue weighted by Gasteiger charge is -2.36. The highest BCUT2D eigenvalue weighted by molar-refractivity contribution is 5.67. The second-order valence-electron chi connectivity index (χ2n) is 6.16. The van der Waals surface area contributed by atoms with E-state index < -0.39 is 5.60 Å². The van der Waals surface area contributed by atoms with Gasteiger partial charge in [0.25, 0.3) is 0 Å². The van der Waals surface area contributed by atoms with Gasteiger partial charge in [-0.3, -0.25) is 9.69 Å². The molecule has 0 aromatic heterocycles. The molecule has 1 saturated heterocycles. The molecule has 3 nitrogen and oxygen atoms in total. The van der Waals surface area contributed by atoms with Crippen LogP contribution in [0.2, 0.25) is 0 Å². The Kier molecular flexibility index (Phi) is 4.81. The molecule has 1 heterocycles. The van der Waals surface area contributed by atoms with Crippen LogP contribution >= 0.6 is 0 Å². The second kappa shape index (κ2) is 5.75. The van der Waals surface area contributed by atoms with E-state index in [1.165, 1.54) is 19.8 Å². The summed E-state index contributed by atoms with van der Waals surface area (Å²) in [5.74, 6) is 6.06. The Labute approximate surface area is 111 Å². The quantitative estimate of drug-likeness (QED) is 0.558. The zero-order valence-corrected chi connectivity index (χ0v) is 12.3. The molecule has 1 aliphatic heterocycles. The molecule has 18 heavy (non-hydrogen) atoms. The average molecular weight is 251 g/mol. The molecule has 0 N–H and O–H groups in total. The molecule has 1 aliphatic rings. The summed E-state index contributed by atoms with van der Waals surface area (Å²) in [6, 6.07) is 0. The standard InChI is InChI=1S/C15H25NO2/c1-13(17)18-15(5,14(2,3)4)9-8-12-16-10-6-7-11-16/h6-7,10-12H2,1-5H3/t15-/m0/s1. The molecular formula is C15H25NO2. The Morgan fingerprint density at radius 3 is 2.22 bits per heavy atom. The fraction of sp³-hybridized carbons (Fsp3) is 0.800. The third-order valence-electron chi connectivity index (χ3n) is 3.61. The van der Waals surface area contributed by atoms with E-state index in [9.17, 15) is 4.79 Å². The van der Waals surface area contributed by atoms with E-state index in [4.69, 9.17) is 4.74 Å². The number of hydrogen-bond acceptors (Lipinski definition) is 3. The number of carbonyl (C=O) groups is 1. The van der Waals surface area contributed by atoms with Crippen molar-refractivity contribution < 1.29 is 9.53 Å². The lowest BCUT2D eigenvalue weighted by atomic mass is 9.78. The van der Waals surface area contributed by atoms with E-state index in [0.29, 0.717) is 0 Å². The highest BCUT2D eigenvalue weighted by atomic mass is 16.6. The van der Waals surface area contributed by atoms with Crippen LogP contribution in [-0.2, 0) is 9.53 Å². The minimum absolute atomic E-state index is 0.198. The third kappa shape index (κ3) is 4.03. The first-order valence-corrected chi connectivity index (χ1v) is 6.66. The first kappa shape index (κ1) is 15.0. The van der Waals surface area contributed by atoms with Gasteiger partial charge in [-0.25, -0.2) is 0 Å². The fourth-order valence-electron chi connectivity index (χ4n) is 1.91. The van der Waals surface area contributed by atoms with E-state index >= 15 is 0 Å². The maximum Gasteiger partial charge on any atom is 0.304 e. The number of nitrogens with zero attached hydrogens (tertiary/aromatic N) is 1. The predicted molar refractivity (Wildman–Crippen MR) is 73.1 cm³/mol. The van der Waals surface area contributed by atoms with E-state index in [0.717, 1.165) is 19.6 Å². The second-order valence-corrected chi connectivity index (χ2v) is 6.16. The number of rotatable bonds is 2. The predicted octanol–water partition coefficient (Wildman–Crippen LogP) is 2.45.